The van der Waals surface area contributed by atoms with Gasteiger partial charge in [-0.2, -0.15) is 5.10 Å². The molecule has 0 amide bonds. The molecule has 30 heavy (non-hydrogen) atoms. The summed E-state index contributed by atoms with van der Waals surface area (Å²) >= 11 is 6.17. The first kappa shape index (κ1) is 24.2. The lowest BCUT2D eigenvalue weighted by Gasteiger charge is -2.19. The van der Waals surface area contributed by atoms with Gasteiger partial charge in [0.2, 0.25) is 0 Å². The number of nitrogens with zero attached hydrogens (tertiary/aromatic N) is 3. The van der Waals surface area contributed by atoms with Crippen molar-refractivity contribution in [2.45, 2.75) is 26.0 Å². The molecule has 3 N–H and O–H groups in total. The molecule has 160 valence electrons. The molecule has 8 heteroatoms. The molecule has 0 fully saturated rings. The normalized spacial score (nSPS) is 13.3. The van der Waals surface area contributed by atoms with Crippen LogP contribution in [0.3, 0.4) is 0 Å². The maximum Gasteiger partial charge on any atom is 0.191 e. The van der Waals surface area contributed by atoms with E-state index in [1.54, 1.807) is 12.3 Å². The van der Waals surface area contributed by atoms with E-state index < -0.39 is 6.10 Å². The molecule has 0 saturated heterocycles. The van der Waals surface area contributed by atoms with E-state index in [9.17, 15) is 5.11 Å². The van der Waals surface area contributed by atoms with Gasteiger partial charge in [-0.05, 0) is 43.7 Å². The van der Waals surface area contributed by atoms with Crippen molar-refractivity contribution in [1.82, 2.24) is 20.4 Å². The molecule has 0 aliphatic rings. The van der Waals surface area contributed by atoms with Crippen LogP contribution in [0.25, 0.3) is 5.69 Å². The van der Waals surface area contributed by atoms with Gasteiger partial charge >= 0.3 is 0 Å². The number of hydrogen-bond acceptors (Lipinski definition) is 3. The summed E-state index contributed by atoms with van der Waals surface area (Å²) in [5, 5.41) is 21.9. The molecule has 3 aromatic rings. The summed E-state index contributed by atoms with van der Waals surface area (Å²) in [6.07, 6.45) is 2.91. The molecule has 2 atom stereocenters. The second-order valence-electron chi connectivity index (χ2n) is 6.67. The number of rotatable bonds is 7. The second kappa shape index (κ2) is 11.9. The van der Waals surface area contributed by atoms with Crippen molar-refractivity contribution < 1.29 is 5.11 Å². The number of aliphatic hydroxyl groups excluding tert-OH is 1. The number of guanidine groups is 1. The Morgan fingerprint density at radius 1 is 1.20 bits per heavy atom. The van der Waals surface area contributed by atoms with Gasteiger partial charge in [0.05, 0.1) is 18.3 Å². The fourth-order valence-corrected chi connectivity index (χ4v) is 3.25. The Morgan fingerprint density at radius 2 is 2.00 bits per heavy atom. The van der Waals surface area contributed by atoms with Crippen molar-refractivity contribution >= 4 is 41.5 Å². The molecule has 2 aromatic carbocycles. The van der Waals surface area contributed by atoms with Gasteiger partial charge in [0.1, 0.15) is 6.10 Å². The number of aliphatic imine (C=N–C) groups is 1. The fraction of sp³-hybridized carbons (Fsp3) is 0.273. The van der Waals surface area contributed by atoms with Crippen molar-refractivity contribution in [1.29, 1.82) is 0 Å². The minimum atomic E-state index is -0.766. The molecule has 0 spiro atoms. The van der Waals surface area contributed by atoms with Crippen molar-refractivity contribution in [3.63, 3.8) is 0 Å². The van der Waals surface area contributed by atoms with Crippen molar-refractivity contribution in [2.24, 2.45) is 4.99 Å². The monoisotopic (exact) mass is 539 g/mol. The van der Waals surface area contributed by atoms with Crippen LogP contribution in [0, 0.1) is 0 Å². The Hall–Kier alpha value is -2.10. The number of benzene rings is 2. The third-order valence-electron chi connectivity index (χ3n) is 4.52. The van der Waals surface area contributed by atoms with Crippen LogP contribution >= 0.6 is 35.6 Å². The number of aromatic nitrogens is 2. The highest BCUT2D eigenvalue weighted by atomic mass is 127. The maximum absolute atomic E-state index is 10.5. The van der Waals surface area contributed by atoms with Gasteiger partial charge in [-0.15, -0.1) is 24.0 Å². The number of halogens is 2. The zero-order chi connectivity index (χ0) is 20.6. The van der Waals surface area contributed by atoms with Gasteiger partial charge < -0.3 is 15.7 Å². The SMILES string of the molecule is CCNC(=NCC(O)c1ccccc1Cl)NC(C)c1cccc(-n2cccn2)c1.I. The minimum Gasteiger partial charge on any atom is -0.386 e. The molecular weight excluding hydrogens is 513 g/mol. The fourth-order valence-electron chi connectivity index (χ4n) is 2.99. The van der Waals surface area contributed by atoms with E-state index >= 15 is 0 Å². The van der Waals surface area contributed by atoms with Crippen LogP contribution in [0.15, 0.2) is 72.0 Å². The zero-order valence-corrected chi connectivity index (χ0v) is 20.1. The molecule has 0 aliphatic carbocycles. The Morgan fingerprint density at radius 3 is 2.70 bits per heavy atom. The van der Waals surface area contributed by atoms with E-state index in [-0.39, 0.29) is 36.6 Å². The predicted molar refractivity (Wildman–Crippen MR) is 133 cm³/mol. The average molecular weight is 540 g/mol. The van der Waals surface area contributed by atoms with Crippen LogP contribution < -0.4 is 10.6 Å². The average Bonchev–Trinajstić information content (AvgIpc) is 3.27. The Bertz CT molecular complexity index is 948. The Labute approximate surface area is 199 Å². The van der Waals surface area contributed by atoms with E-state index in [0.717, 1.165) is 11.3 Å². The number of hydrogen-bond donors (Lipinski definition) is 3. The quantitative estimate of drug-likeness (QED) is 0.235. The smallest absolute Gasteiger partial charge is 0.191 e. The maximum atomic E-state index is 10.5. The molecule has 0 radical (unpaired) electrons. The molecule has 3 rings (SSSR count). The van der Waals surface area contributed by atoms with Crippen molar-refractivity contribution in [3.05, 3.63) is 83.1 Å². The topological polar surface area (TPSA) is 74.5 Å². The van der Waals surface area contributed by atoms with Crippen LogP contribution in [0.1, 0.15) is 37.1 Å². The number of aliphatic hydroxyl groups is 1. The first-order chi connectivity index (χ1) is 14.1. The molecule has 1 heterocycles. The summed E-state index contributed by atoms with van der Waals surface area (Å²) in [6, 6.07) is 17.4. The lowest BCUT2D eigenvalue weighted by atomic mass is 10.1. The standard InChI is InChI=1S/C22H26ClN5O.HI/c1-3-24-22(25-15-21(29)19-10-4-5-11-20(19)23)27-16(2)17-8-6-9-18(14-17)28-13-7-12-26-28;/h4-14,16,21,29H,3,15H2,1-2H3,(H2,24,25,27);1H. The lowest BCUT2D eigenvalue weighted by Crippen LogP contribution is -2.39. The molecule has 6 nitrogen and oxygen atoms in total. The molecule has 1 aromatic heterocycles. The van der Waals surface area contributed by atoms with E-state index in [4.69, 9.17) is 11.6 Å². The van der Waals surface area contributed by atoms with Gasteiger partial charge in [0, 0.05) is 29.5 Å². The summed E-state index contributed by atoms with van der Waals surface area (Å²) in [6.45, 7) is 5.00. The van der Waals surface area contributed by atoms with Crippen molar-refractivity contribution in [3.8, 4) is 5.69 Å². The molecular formula is C22H27ClIN5O. The van der Waals surface area contributed by atoms with Crippen LogP contribution in [-0.4, -0.2) is 33.9 Å². The van der Waals surface area contributed by atoms with E-state index in [2.05, 4.69) is 39.8 Å². The third kappa shape index (κ3) is 6.45. The third-order valence-corrected chi connectivity index (χ3v) is 4.87. The van der Waals surface area contributed by atoms with Crippen molar-refractivity contribution in [2.75, 3.05) is 13.1 Å². The molecule has 2 unspecified atom stereocenters. The van der Waals surface area contributed by atoms with Gasteiger partial charge in [0.15, 0.2) is 5.96 Å². The van der Waals surface area contributed by atoms with Crippen LogP contribution in [0.4, 0.5) is 0 Å². The van der Waals surface area contributed by atoms with E-state index in [1.807, 2.05) is 54.2 Å². The highest BCUT2D eigenvalue weighted by molar-refractivity contribution is 14.0. The molecule has 0 saturated carbocycles. The van der Waals surface area contributed by atoms with E-state index in [1.165, 1.54) is 0 Å². The molecule has 0 bridgehead atoms. The van der Waals surface area contributed by atoms with Crippen LogP contribution in [0.5, 0.6) is 0 Å². The van der Waals surface area contributed by atoms with Crippen LogP contribution in [-0.2, 0) is 0 Å². The van der Waals surface area contributed by atoms with Gasteiger partial charge in [-0.3, -0.25) is 4.99 Å². The van der Waals surface area contributed by atoms with Gasteiger partial charge in [0.25, 0.3) is 0 Å². The molecule has 0 aliphatic heterocycles. The summed E-state index contributed by atoms with van der Waals surface area (Å²) in [5.74, 6) is 0.635. The first-order valence-corrected chi connectivity index (χ1v) is 10.0. The summed E-state index contributed by atoms with van der Waals surface area (Å²) in [5.41, 5.74) is 2.78. The predicted octanol–water partition coefficient (Wildman–Crippen LogP) is 4.49. The minimum absolute atomic E-state index is 0. The summed E-state index contributed by atoms with van der Waals surface area (Å²) in [7, 11) is 0. The Kier molecular flexibility index (Phi) is 9.61. The zero-order valence-electron chi connectivity index (χ0n) is 17.0. The first-order valence-electron chi connectivity index (χ1n) is 9.65. The van der Waals surface area contributed by atoms with Crippen LogP contribution in [0.2, 0.25) is 5.02 Å². The van der Waals surface area contributed by atoms with Gasteiger partial charge in [-0.25, -0.2) is 4.68 Å². The highest BCUT2D eigenvalue weighted by Crippen LogP contribution is 2.22. The lowest BCUT2D eigenvalue weighted by molar-refractivity contribution is 0.187. The number of nitrogens with one attached hydrogen (secondary N) is 2. The largest absolute Gasteiger partial charge is 0.386 e. The Balaban J connectivity index is 0.00000320. The summed E-state index contributed by atoms with van der Waals surface area (Å²) < 4.78 is 1.83. The van der Waals surface area contributed by atoms with Gasteiger partial charge in [-0.1, -0.05) is 41.9 Å². The second-order valence-corrected chi connectivity index (χ2v) is 7.08. The summed E-state index contributed by atoms with van der Waals surface area (Å²) in [4.78, 5) is 4.54. The van der Waals surface area contributed by atoms with E-state index in [0.29, 0.717) is 23.1 Å². The highest BCUT2D eigenvalue weighted by Gasteiger charge is 2.13.